The minimum Gasteiger partial charge on any atom is -0.318 e. The van der Waals surface area contributed by atoms with Gasteiger partial charge < -0.3 is 4.90 Å². The third-order valence-electron chi connectivity index (χ3n) is 5.68. The van der Waals surface area contributed by atoms with E-state index in [1.165, 1.54) is 16.0 Å². The summed E-state index contributed by atoms with van der Waals surface area (Å²) in [4.78, 5) is 3.14. The van der Waals surface area contributed by atoms with Gasteiger partial charge in [-0.3, -0.25) is 0 Å². The quantitative estimate of drug-likeness (QED) is 0.183. The minimum atomic E-state index is -0.535. The molecule has 0 aliphatic heterocycles. The smallest absolute Gasteiger partial charge is 0.146 e. The van der Waals surface area contributed by atoms with Crippen molar-refractivity contribution < 1.29 is 0 Å². The first-order chi connectivity index (χ1) is 16.4. The summed E-state index contributed by atoms with van der Waals surface area (Å²) in [5.74, 6) is 0. The van der Waals surface area contributed by atoms with Gasteiger partial charge in [0, 0.05) is 16.3 Å². The number of benzene rings is 5. The first-order valence-electron chi connectivity index (χ1n) is 11.1. The summed E-state index contributed by atoms with van der Waals surface area (Å²) in [6.45, 7) is 0. The topological polar surface area (TPSA) is 3.24 Å². The van der Waals surface area contributed by atoms with Gasteiger partial charge in [0.2, 0.25) is 0 Å². The summed E-state index contributed by atoms with van der Waals surface area (Å²) < 4.78 is 0. The molecule has 0 heterocycles. The van der Waals surface area contributed by atoms with E-state index in [1.807, 2.05) is 11.8 Å². The van der Waals surface area contributed by atoms with Gasteiger partial charge in [-0.25, -0.2) is 0 Å². The third kappa shape index (κ3) is 4.30. The molecule has 5 aromatic carbocycles. The van der Waals surface area contributed by atoms with E-state index in [9.17, 15) is 0 Å². The third-order valence-corrected chi connectivity index (χ3v) is 7.14. The maximum absolute atomic E-state index is 2.47. The van der Waals surface area contributed by atoms with E-state index in [2.05, 4.69) is 157 Å². The molecule has 0 bridgehead atoms. The zero-order valence-corrected chi connectivity index (χ0v) is 19.1. The van der Waals surface area contributed by atoms with Crippen molar-refractivity contribution in [2.24, 2.45) is 0 Å². The molecule has 0 atom stereocenters. The highest BCUT2D eigenvalue weighted by molar-refractivity contribution is 8.00. The predicted octanol–water partition coefficient (Wildman–Crippen LogP) is 8.52. The second-order valence-electron chi connectivity index (χ2n) is 7.80. The molecule has 0 aromatic heterocycles. The highest BCUT2D eigenvalue weighted by Gasteiger charge is 2.43. The lowest BCUT2D eigenvalue weighted by atomic mass is 9.94. The Morgan fingerprint density at radius 2 is 0.727 bits per heavy atom. The van der Waals surface area contributed by atoms with Gasteiger partial charge in [0.15, 0.2) is 0 Å². The second kappa shape index (κ2) is 9.81. The average Bonchev–Trinajstić information content (AvgIpc) is 2.91. The number of thioether (sulfide) groups is 1. The molecule has 0 aliphatic carbocycles. The van der Waals surface area contributed by atoms with Gasteiger partial charge in [0.25, 0.3) is 0 Å². The molecule has 0 fully saturated rings. The summed E-state index contributed by atoms with van der Waals surface area (Å²) in [5.41, 5.74) is 4.72. The van der Waals surface area contributed by atoms with E-state index in [1.54, 1.807) is 0 Å². The molecule has 33 heavy (non-hydrogen) atoms. The Kier molecular flexibility index (Phi) is 6.27. The lowest BCUT2D eigenvalue weighted by molar-refractivity contribution is 0.749. The number of nitrogens with zero attached hydrogens (tertiary/aromatic N) is 1. The Hall–Kier alpha value is -3.75. The maximum Gasteiger partial charge on any atom is 0.146 e. The van der Waals surface area contributed by atoms with Crippen molar-refractivity contribution in [1.82, 2.24) is 0 Å². The van der Waals surface area contributed by atoms with Crippen LogP contribution in [0.3, 0.4) is 0 Å². The van der Waals surface area contributed by atoms with Gasteiger partial charge in [0.05, 0.1) is 0 Å². The van der Waals surface area contributed by atoms with Gasteiger partial charge >= 0.3 is 0 Å². The molecular formula is C31H25NS. The Morgan fingerprint density at radius 1 is 0.394 bits per heavy atom. The Labute approximate surface area is 200 Å². The van der Waals surface area contributed by atoms with Crippen LogP contribution in [0.5, 0.6) is 0 Å². The minimum absolute atomic E-state index is 0.535. The van der Waals surface area contributed by atoms with E-state index in [4.69, 9.17) is 0 Å². The van der Waals surface area contributed by atoms with Crippen molar-refractivity contribution in [3.63, 3.8) is 0 Å². The molecule has 0 unspecified atom stereocenters. The standard InChI is InChI=1S/C31H25NS/c1-6-16-26(17-7-1)31(27-18-8-2-9-19-27,33-30-24-14-5-15-25-30)32(28-20-10-3-11-21-28)29-22-12-4-13-23-29/h1-25H. The van der Waals surface area contributed by atoms with Crippen LogP contribution in [0, 0.1) is 0 Å². The van der Waals surface area contributed by atoms with Gasteiger partial charge in [-0.05, 0) is 47.5 Å². The first kappa shape index (κ1) is 21.1. The van der Waals surface area contributed by atoms with Crippen molar-refractivity contribution in [2.75, 3.05) is 4.90 Å². The van der Waals surface area contributed by atoms with Crippen LogP contribution in [0.1, 0.15) is 11.1 Å². The normalized spacial score (nSPS) is 11.2. The van der Waals surface area contributed by atoms with Crippen LogP contribution in [0.15, 0.2) is 157 Å². The zero-order valence-electron chi connectivity index (χ0n) is 18.3. The van der Waals surface area contributed by atoms with Gasteiger partial charge in [0.1, 0.15) is 4.87 Å². The largest absolute Gasteiger partial charge is 0.318 e. The molecule has 0 N–H and O–H groups in total. The molecular weight excluding hydrogens is 418 g/mol. The van der Waals surface area contributed by atoms with Crippen LogP contribution in [-0.4, -0.2) is 0 Å². The monoisotopic (exact) mass is 443 g/mol. The molecule has 5 aromatic rings. The van der Waals surface area contributed by atoms with Crippen LogP contribution in [0.4, 0.5) is 11.4 Å². The Bertz CT molecular complexity index is 1180. The van der Waals surface area contributed by atoms with Crippen molar-refractivity contribution in [2.45, 2.75) is 9.77 Å². The lowest BCUT2D eigenvalue weighted by Gasteiger charge is -2.46. The maximum atomic E-state index is 2.47. The molecule has 0 radical (unpaired) electrons. The SMILES string of the molecule is c1ccc(SC(c2ccccc2)(c2ccccc2)N(c2ccccc2)c2ccccc2)cc1. The molecule has 0 spiro atoms. The Balaban J connectivity index is 1.86. The molecule has 2 heteroatoms. The second-order valence-corrected chi connectivity index (χ2v) is 9.06. The van der Waals surface area contributed by atoms with Crippen LogP contribution >= 0.6 is 11.8 Å². The highest BCUT2D eigenvalue weighted by atomic mass is 32.2. The van der Waals surface area contributed by atoms with Gasteiger partial charge in [-0.15, -0.1) is 0 Å². The summed E-state index contributed by atoms with van der Waals surface area (Å²) in [6, 6.07) is 53.7. The van der Waals surface area contributed by atoms with Crippen LogP contribution in [0.2, 0.25) is 0 Å². The molecule has 1 nitrogen and oxygen atoms in total. The summed E-state index contributed by atoms with van der Waals surface area (Å²) in [7, 11) is 0. The molecule has 0 aliphatic rings. The van der Waals surface area contributed by atoms with Gasteiger partial charge in [-0.1, -0.05) is 127 Å². The number of para-hydroxylation sites is 2. The fourth-order valence-corrected chi connectivity index (χ4v) is 5.69. The van der Waals surface area contributed by atoms with Crippen LogP contribution < -0.4 is 4.90 Å². The fraction of sp³-hybridized carbons (Fsp3) is 0.0323. The number of anilines is 2. The molecule has 0 amide bonds. The predicted molar refractivity (Wildman–Crippen MR) is 141 cm³/mol. The number of rotatable bonds is 7. The zero-order chi connectivity index (χ0) is 22.3. The highest BCUT2D eigenvalue weighted by Crippen LogP contribution is 2.53. The van der Waals surface area contributed by atoms with Gasteiger partial charge in [-0.2, -0.15) is 0 Å². The van der Waals surface area contributed by atoms with Crippen molar-refractivity contribution >= 4 is 23.1 Å². The van der Waals surface area contributed by atoms with Crippen LogP contribution in [-0.2, 0) is 4.87 Å². The van der Waals surface area contributed by atoms with Crippen LogP contribution in [0.25, 0.3) is 0 Å². The summed E-state index contributed by atoms with van der Waals surface area (Å²) in [5, 5.41) is 0. The molecule has 0 saturated carbocycles. The van der Waals surface area contributed by atoms with E-state index >= 15 is 0 Å². The summed E-state index contributed by atoms with van der Waals surface area (Å²) in [6.07, 6.45) is 0. The van der Waals surface area contributed by atoms with E-state index in [0.29, 0.717) is 0 Å². The molecule has 160 valence electrons. The fourth-order valence-electron chi connectivity index (χ4n) is 4.24. The van der Waals surface area contributed by atoms with E-state index in [-0.39, 0.29) is 0 Å². The van der Waals surface area contributed by atoms with E-state index in [0.717, 1.165) is 11.4 Å². The van der Waals surface area contributed by atoms with E-state index < -0.39 is 4.87 Å². The number of hydrogen-bond acceptors (Lipinski definition) is 2. The first-order valence-corrected chi connectivity index (χ1v) is 11.9. The molecule has 5 rings (SSSR count). The number of hydrogen-bond donors (Lipinski definition) is 0. The molecule has 0 saturated heterocycles. The van der Waals surface area contributed by atoms with Crippen molar-refractivity contribution in [1.29, 1.82) is 0 Å². The average molecular weight is 444 g/mol. The van der Waals surface area contributed by atoms with Crippen molar-refractivity contribution in [3.8, 4) is 0 Å². The van der Waals surface area contributed by atoms with Crippen molar-refractivity contribution in [3.05, 3.63) is 163 Å². The lowest BCUT2D eigenvalue weighted by Crippen LogP contribution is -2.42. The summed E-state index contributed by atoms with van der Waals surface area (Å²) >= 11 is 1.87. The Morgan fingerprint density at radius 3 is 1.12 bits per heavy atom.